The van der Waals surface area contributed by atoms with E-state index in [1.807, 2.05) is 30.3 Å². The minimum absolute atomic E-state index is 0.00370. The first kappa shape index (κ1) is 18.5. The molecule has 0 saturated carbocycles. The first-order valence-electron chi connectivity index (χ1n) is 9.58. The molecule has 2 aromatic rings. The van der Waals surface area contributed by atoms with Crippen molar-refractivity contribution in [3.63, 3.8) is 0 Å². The molecule has 1 amide bonds. The lowest BCUT2D eigenvalue weighted by molar-refractivity contribution is -0.137. The summed E-state index contributed by atoms with van der Waals surface area (Å²) < 4.78 is 5.38. The molecule has 7 heteroatoms. The lowest BCUT2D eigenvalue weighted by atomic mass is 9.67. The molecule has 3 aliphatic heterocycles. The van der Waals surface area contributed by atoms with Crippen LogP contribution in [-0.2, 0) is 19.7 Å². The second-order valence-corrected chi connectivity index (χ2v) is 7.30. The maximum Gasteiger partial charge on any atom is 0.338 e. The summed E-state index contributed by atoms with van der Waals surface area (Å²) in [5.74, 6) is 1.43. The zero-order chi connectivity index (χ0) is 21.8. The van der Waals surface area contributed by atoms with Gasteiger partial charge in [0.2, 0.25) is 5.91 Å². The molecule has 0 aliphatic carbocycles. The van der Waals surface area contributed by atoms with Gasteiger partial charge in [-0.2, -0.15) is 5.26 Å². The number of anilines is 2. The van der Waals surface area contributed by atoms with Gasteiger partial charge in [-0.3, -0.25) is 14.6 Å². The Bertz CT molecular complexity index is 1300. The van der Waals surface area contributed by atoms with Gasteiger partial charge >= 0.3 is 5.97 Å². The zero-order valence-corrected chi connectivity index (χ0v) is 16.3. The van der Waals surface area contributed by atoms with E-state index in [-0.39, 0.29) is 30.1 Å². The highest BCUT2D eigenvalue weighted by Crippen LogP contribution is 2.56. The van der Waals surface area contributed by atoms with Gasteiger partial charge in [0, 0.05) is 16.9 Å². The smallest absolute Gasteiger partial charge is 0.338 e. The molecular weight excluding hydrogens is 392 g/mol. The molecule has 3 heterocycles. The molecule has 1 atom stereocenters. The van der Waals surface area contributed by atoms with Crippen LogP contribution in [0.25, 0.3) is 0 Å². The van der Waals surface area contributed by atoms with E-state index < -0.39 is 17.3 Å². The topological polar surface area (TPSA) is 99.7 Å². The number of rotatable bonds is 2. The lowest BCUT2D eigenvalue weighted by Gasteiger charge is -2.38. The van der Waals surface area contributed by atoms with Gasteiger partial charge < -0.3 is 10.5 Å². The van der Waals surface area contributed by atoms with Crippen molar-refractivity contribution in [2.75, 3.05) is 23.0 Å². The number of nitrogens with two attached hydrogens (primary N) is 1. The van der Waals surface area contributed by atoms with Crippen LogP contribution >= 0.6 is 0 Å². The number of para-hydroxylation sites is 2. The summed E-state index contributed by atoms with van der Waals surface area (Å²) >= 11 is 0. The van der Waals surface area contributed by atoms with E-state index in [9.17, 15) is 14.9 Å². The van der Waals surface area contributed by atoms with E-state index in [1.165, 1.54) is 4.90 Å². The number of carbonyl (C=O) groups is 2. The minimum Gasteiger partial charge on any atom is -0.456 e. The van der Waals surface area contributed by atoms with Crippen molar-refractivity contribution in [1.29, 1.82) is 5.26 Å². The fraction of sp³-hybridized carbons (Fsp3) is 0.125. The number of cyclic esters (lactones) is 1. The second-order valence-electron chi connectivity index (χ2n) is 7.30. The Hall–Kier alpha value is -4.49. The van der Waals surface area contributed by atoms with Gasteiger partial charge in [-0.1, -0.05) is 42.3 Å². The van der Waals surface area contributed by atoms with E-state index in [1.54, 1.807) is 29.2 Å². The van der Waals surface area contributed by atoms with Gasteiger partial charge in [0.1, 0.15) is 23.9 Å². The normalized spacial score (nSPS) is 21.7. The van der Waals surface area contributed by atoms with Crippen molar-refractivity contribution in [2.45, 2.75) is 5.41 Å². The highest BCUT2D eigenvalue weighted by Gasteiger charge is 2.63. The van der Waals surface area contributed by atoms with Crippen molar-refractivity contribution >= 4 is 23.3 Å². The molecule has 0 unspecified atom stereocenters. The van der Waals surface area contributed by atoms with Crippen LogP contribution in [0.3, 0.4) is 0 Å². The predicted molar refractivity (Wildman–Crippen MR) is 113 cm³/mol. The SMILES string of the molecule is C#CCN1C(=O)[C@@]2(C(C#N)=C(N)N(c3ccccc3)C3=C2C(=O)OC3)c2ccccc21. The molecule has 0 saturated heterocycles. The molecule has 2 N–H and O–H groups in total. The monoisotopic (exact) mass is 408 g/mol. The minimum atomic E-state index is -1.69. The number of fused-ring (bicyclic) bond motifs is 3. The van der Waals surface area contributed by atoms with E-state index >= 15 is 0 Å². The quantitative estimate of drug-likeness (QED) is 0.602. The van der Waals surface area contributed by atoms with E-state index in [0.717, 1.165) is 0 Å². The van der Waals surface area contributed by atoms with Gasteiger partial charge in [-0.25, -0.2) is 4.79 Å². The van der Waals surface area contributed by atoms with E-state index in [0.29, 0.717) is 22.6 Å². The number of nitriles is 1. The predicted octanol–water partition coefficient (Wildman–Crippen LogP) is 1.93. The van der Waals surface area contributed by atoms with Crippen LogP contribution in [0.15, 0.2) is 77.3 Å². The van der Waals surface area contributed by atoms with Gasteiger partial charge in [0.05, 0.1) is 23.4 Å². The summed E-state index contributed by atoms with van der Waals surface area (Å²) in [5, 5.41) is 10.2. The number of terminal acetylenes is 1. The van der Waals surface area contributed by atoms with Crippen LogP contribution in [0.1, 0.15) is 5.56 Å². The molecule has 5 rings (SSSR count). The molecule has 0 fully saturated rings. The fourth-order valence-corrected chi connectivity index (χ4v) is 4.71. The number of esters is 1. The average Bonchev–Trinajstić information content (AvgIpc) is 3.27. The standard InChI is InChI=1S/C24H16N4O3/c1-2-12-27-18-11-7-6-10-16(18)24(23(27)30)17(13-25)21(26)28(15-8-4-3-5-9-15)19-14-31-22(29)20(19)24/h1,3-11H,12,14,26H2/t24-/m1/s1. The Labute approximate surface area is 178 Å². The number of hydrogen-bond acceptors (Lipinski definition) is 6. The molecule has 150 valence electrons. The summed E-state index contributed by atoms with van der Waals surface area (Å²) in [5.41, 5.74) is 7.07. The first-order chi connectivity index (χ1) is 15.1. The van der Waals surface area contributed by atoms with Gasteiger partial charge in [-0.05, 0) is 18.2 Å². The highest BCUT2D eigenvalue weighted by molar-refractivity contribution is 6.20. The van der Waals surface area contributed by atoms with Crippen molar-refractivity contribution in [3.8, 4) is 18.4 Å². The Kier molecular flexibility index (Phi) is 3.89. The summed E-state index contributed by atoms with van der Waals surface area (Å²) in [6.45, 7) is -0.0644. The number of hydrogen-bond donors (Lipinski definition) is 1. The van der Waals surface area contributed by atoms with Crippen LogP contribution in [-0.4, -0.2) is 25.0 Å². The number of carbonyl (C=O) groups excluding carboxylic acids is 2. The van der Waals surface area contributed by atoms with Gasteiger partial charge in [-0.15, -0.1) is 6.42 Å². The third-order valence-corrected chi connectivity index (χ3v) is 5.89. The van der Waals surface area contributed by atoms with Crippen molar-refractivity contribution in [3.05, 3.63) is 82.8 Å². The fourth-order valence-electron chi connectivity index (χ4n) is 4.71. The maximum absolute atomic E-state index is 13.9. The maximum atomic E-state index is 13.9. The molecule has 7 nitrogen and oxygen atoms in total. The van der Waals surface area contributed by atoms with E-state index in [4.69, 9.17) is 16.9 Å². The van der Waals surface area contributed by atoms with Crippen LogP contribution in [0, 0.1) is 23.7 Å². The summed E-state index contributed by atoms with van der Waals surface area (Å²) in [4.78, 5) is 30.0. The number of amides is 1. The molecular formula is C24H16N4O3. The molecule has 0 radical (unpaired) electrons. The largest absolute Gasteiger partial charge is 0.456 e. The van der Waals surface area contributed by atoms with Crippen molar-refractivity contribution in [1.82, 2.24) is 0 Å². The van der Waals surface area contributed by atoms with Crippen LogP contribution in [0.4, 0.5) is 11.4 Å². The number of benzene rings is 2. The molecule has 0 aromatic heterocycles. The Morgan fingerprint density at radius 2 is 1.84 bits per heavy atom. The van der Waals surface area contributed by atoms with Crippen LogP contribution in [0.5, 0.6) is 0 Å². The number of nitrogens with zero attached hydrogens (tertiary/aromatic N) is 3. The molecule has 0 bridgehead atoms. The molecule has 31 heavy (non-hydrogen) atoms. The Balaban J connectivity index is 1.88. The summed E-state index contributed by atoms with van der Waals surface area (Å²) in [6.07, 6.45) is 5.51. The van der Waals surface area contributed by atoms with Crippen LogP contribution < -0.4 is 15.5 Å². The summed E-state index contributed by atoms with van der Waals surface area (Å²) in [6, 6.07) is 18.2. The van der Waals surface area contributed by atoms with Crippen molar-refractivity contribution in [2.24, 2.45) is 5.73 Å². The third-order valence-electron chi connectivity index (χ3n) is 5.89. The molecule has 3 aliphatic rings. The first-order valence-corrected chi connectivity index (χ1v) is 9.58. The third kappa shape index (κ3) is 2.18. The van der Waals surface area contributed by atoms with Gasteiger partial charge in [0.25, 0.3) is 0 Å². The second kappa shape index (κ2) is 6.51. The average molecular weight is 408 g/mol. The van der Waals surface area contributed by atoms with Crippen molar-refractivity contribution < 1.29 is 14.3 Å². The van der Waals surface area contributed by atoms with Gasteiger partial charge in [0.15, 0.2) is 0 Å². The van der Waals surface area contributed by atoms with Crippen LogP contribution in [0.2, 0.25) is 0 Å². The lowest BCUT2D eigenvalue weighted by Crippen LogP contribution is -2.50. The highest BCUT2D eigenvalue weighted by atomic mass is 16.5. The van der Waals surface area contributed by atoms with E-state index in [2.05, 4.69) is 12.0 Å². The zero-order valence-electron chi connectivity index (χ0n) is 16.3. The Morgan fingerprint density at radius 1 is 1.13 bits per heavy atom. The molecule has 2 aromatic carbocycles. The summed E-state index contributed by atoms with van der Waals surface area (Å²) in [7, 11) is 0. The Morgan fingerprint density at radius 3 is 2.55 bits per heavy atom. The molecule has 1 spiro atoms. The number of ether oxygens (including phenoxy) is 1.